The smallest absolute Gasteiger partial charge is 0.450 e. The van der Waals surface area contributed by atoms with Gasteiger partial charge in [0, 0.05) is 12.6 Å². The topological polar surface area (TPSA) is 135 Å². The van der Waals surface area contributed by atoms with Crippen LogP contribution in [0.15, 0.2) is 47.5 Å². The maximum Gasteiger partial charge on any atom is 0.501 e. The molecule has 182 valence electrons. The molecular formula is C20H19F3N4O6S. The highest BCUT2D eigenvalue weighted by atomic mass is 32.2. The lowest BCUT2D eigenvalue weighted by Gasteiger charge is -2.22. The minimum Gasteiger partial charge on any atom is -0.450 e. The van der Waals surface area contributed by atoms with Gasteiger partial charge in [-0.1, -0.05) is 0 Å². The monoisotopic (exact) mass is 500 g/mol. The van der Waals surface area contributed by atoms with Crippen LogP contribution in [0.1, 0.15) is 19.4 Å². The summed E-state index contributed by atoms with van der Waals surface area (Å²) in [4.78, 5) is 40.8. The Morgan fingerprint density at radius 2 is 1.85 bits per heavy atom. The Labute approximate surface area is 192 Å². The van der Waals surface area contributed by atoms with E-state index in [0.717, 1.165) is 12.1 Å². The zero-order valence-corrected chi connectivity index (χ0v) is 18.7. The molecule has 1 unspecified atom stereocenters. The van der Waals surface area contributed by atoms with E-state index in [1.54, 1.807) is 13.0 Å². The SMILES string of the molecule is CCOC(=O)Nc1cc(CC2(C)NC(=O)N(c3ccc(S(=O)(=O)C(F)(F)F)cc3)C2=O)ccn1. The van der Waals surface area contributed by atoms with Gasteiger partial charge in [-0.25, -0.2) is 27.9 Å². The van der Waals surface area contributed by atoms with Crippen molar-refractivity contribution in [3.63, 3.8) is 0 Å². The van der Waals surface area contributed by atoms with Gasteiger partial charge < -0.3 is 10.1 Å². The van der Waals surface area contributed by atoms with Crippen molar-refractivity contribution in [1.82, 2.24) is 10.3 Å². The highest BCUT2D eigenvalue weighted by molar-refractivity contribution is 7.92. The van der Waals surface area contributed by atoms with E-state index in [-0.39, 0.29) is 24.5 Å². The molecule has 0 aliphatic carbocycles. The number of aromatic nitrogens is 1. The number of amides is 4. The van der Waals surface area contributed by atoms with Crippen molar-refractivity contribution in [2.75, 3.05) is 16.8 Å². The lowest BCUT2D eigenvalue weighted by molar-refractivity contribution is -0.121. The predicted octanol–water partition coefficient (Wildman–Crippen LogP) is 3.00. The molecule has 1 saturated heterocycles. The number of benzene rings is 1. The third-order valence-corrected chi connectivity index (χ3v) is 6.36. The second kappa shape index (κ2) is 8.93. The molecule has 0 bridgehead atoms. The van der Waals surface area contributed by atoms with E-state index >= 15 is 0 Å². The summed E-state index contributed by atoms with van der Waals surface area (Å²) < 4.78 is 66.0. The lowest BCUT2D eigenvalue weighted by atomic mass is 9.93. The number of ether oxygens (including phenoxy) is 1. The van der Waals surface area contributed by atoms with Gasteiger partial charge in [0.2, 0.25) is 0 Å². The summed E-state index contributed by atoms with van der Waals surface area (Å²) >= 11 is 0. The first-order chi connectivity index (χ1) is 15.8. The fourth-order valence-electron chi connectivity index (χ4n) is 3.28. The summed E-state index contributed by atoms with van der Waals surface area (Å²) in [5, 5.41) is 4.95. The Balaban J connectivity index is 1.81. The molecule has 2 aromatic rings. The third kappa shape index (κ3) is 4.81. The van der Waals surface area contributed by atoms with Gasteiger partial charge in [0.15, 0.2) is 0 Å². The van der Waals surface area contributed by atoms with E-state index in [0.29, 0.717) is 22.6 Å². The highest BCUT2D eigenvalue weighted by Gasteiger charge is 2.49. The third-order valence-electron chi connectivity index (χ3n) is 4.86. The normalized spacial score (nSPS) is 18.6. The first-order valence-electron chi connectivity index (χ1n) is 9.75. The number of sulfone groups is 1. The number of nitrogens with zero attached hydrogens (tertiary/aromatic N) is 2. The van der Waals surface area contributed by atoms with Crippen LogP contribution < -0.4 is 15.5 Å². The molecule has 34 heavy (non-hydrogen) atoms. The molecule has 0 spiro atoms. The molecule has 1 fully saturated rings. The fraction of sp³-hybridized carbons (Fsp3) is 0.300. The molecule has 2 heterocycles. The van der Waals surface area contributed by atoms with Crippen LogP contribution in [-0.4, -0.2) is 49.1 Å². The molecule has 1 aliphatic rings. The van der Waals surface area contributed by atoms with Crippen molar-refractivity contribution < 1.29 is 40.7 Å². The van der Waals surface area contributed by atoms with Crippen LogP contribution in [0.5, 0.6) is 0 Å². The number of imide groups is 1. The lowest BCUT2D eigenvalue weighted by Crippen LogP contribution is -2.46. The van der Waals surface area contributed by atoms with Gasteiger partial charge in [0.25, 0.3) is 15.7 Å². The van der Waals surface area contributed by atoms with Crippen LogP contribution >= 0.6 is 0 Å². The number of anilines is 2. The Kier molecular flexibility index (Phi) is 6.55. The van der Waals surface area contributed by atoms with Gasteiger partial charge >= 0.3 is 17.6 Å². The van der Waals surface area contributed by atoms with E-state index in [1.165, 1.54) is 19.2 Å². The second-order valence-corrected chi connectivity index (χ2v) is 9.36. The number of carbonyl (C=O) groups is 3. The van der Waals surface area contributed by atoms with Crippen LogP contribution in [0.3, 0.4) is 0 Å². The molecule has 10 nitrogen and oxygen atoms in total. The molecule has 2 N–H and O–H groups in total. The fourth-order valence-corrected chi connectivity index (χ4v) is 4.04. The van der Waals surface area contributed by atoms with Crippen LogP contribution in [-0.2, 0) is 25.8 Å². The summed E-state index contributed by atoms with van der Waals surface area (Å²) in [5.41, 5.74) is -6.49. The van der Waals surface area contributed by atoms with Crippen molar-refractivity contribution in [2.24, 2.45) is 0 Å². The zero-order valence-electron chi connectivity index (χ0n) is 17.8. The first kappa shape index (κ1) is 25.0. The summed E-state index contributed by atoms with van der Waals surface area (Å²) in [6.07, 6.45) is 0.666. The van der Waals surface area contributed by atoms with Crippen LogP contribution in [0.25, 0.3) is 0 Å². The number of nitrogens with one attached hydrogen (secondary N) is 2. The molecular weight excluding hydrogens is 481 g/mol. The van der Waals surface area contributed by atoms with Crippen LogP contribution in [0, 0.1) is 0 Å². The highest BCUT2D eigenvalue weighted by Crippen LogP contribution is 2.33. The number of hydrogen-bond donors (Lipinski definition) is 2. The number of urea groups is 1. The van der Waals surface area contributed by atoms with Crippen molar-refractivity contribution in [2.45, 2.75) is 36.2 Å². The van der Waals surface area contributed by atoms with Crippen LogP contribution in [0.2, 0.25) is 0 Å². The summed E-state index contributed by atoms with van der Waals surface area (Å²) in [6, 6.07) is 5.44. The van der Waals surface area contributed by atoms with Gasteiger partial charge in [0.05, 0.1) is 17.2 Å². The molecule has 1 aliphatic heterocycles. The van der Waals surface area contributed by atoms with Crippen LogP contribution in [0.4, 0.5) is 34.3 Å². The number of pyridine rings is 1. The number of carbonyl (C=O) groups excluding carboxylic acids is 3. The maximum absolute atomic E-state index is 13.1. The summed E-state index contributed by atoms with van der Waals surface area (Å²) in [5.74, 6) is -0.546. The molecule has 0 radical (unpaired) electrons. The Morgan fingerprint density at radius 1 is 1.21 bits per heavy atom. The zero-order chi connectivity index (χ0) is 25.3. The minimum absolute atomic E-state index is 0.00532. The summed E-state index contributed by atoms with van der Waals surface area (Å²) in [7, 11) is -5.57. The van der Waals surface area contributed by atoms with E-state index in [4.69, 9.17) is 4.74 Å². The van der Waals surface area contributed by atoms with Crippen molar-refractivity contribution >= 4 is 39.4 Å². The Bertz CT molecular complexity index is 1230. The van der Waals surface area contributed by atoms with Gasteiger partial charge in [-0.15, -0.1) is 0 Å². The van der Waals surface area contributed by atoms with E-state index in [2.05, 4.69) is 15.6 Å². The second-order valence-electron chi connectivity index (χ2n) is 7.42. The number of halogens is 3. The quantitative estimate of drug-likeness (QED) is 0.582. The number of alkyl halides is 3. The van der Waals surface area contributed by atoms with Gasteiger partial charge in [-0.05, 0) is 55.8 Å². The molecule has 1 atom stereocenters. The predicted molar refractivity (Wildman–Crippen MR) is 113 cm³/mol. The molecule has 0 saturated carbocycles. The van der Waals surface area contributed by atoms with Gasteiger partial charge in [0.1, 0.15) is 11.4 Å². The average molecular weight is 500 g/mol. The largest absolute Gasteiger partial charge is 0.501 e. The minimum atomic E-state index is -5.57. The standard InChI is InChI=1S/C20H19F3N4O6S/c1-3-33-18(30)25-15-10-12(8-9-24-15)11-19(2)16(28)27(17(29)26-19)13-4-6-14(7-5-13)34(31,32)20(21,22)23/h4-10H,3,11H2,1-2H3,(H,26,29)(H,24,25,30). The van der Waals surface area contributed by atoms with Crippen molar-refractivity contribution in [3.8, 4) is 0 Å². The van der Waals surface area contributed by atoms with Gasteiger partial charge in [-0.2, -0.15) is 13.2 Å². The molecule has 1 aromatic heterocycles. The average Bonchev–Trinajstić information content (AvgIpc) is 2.95. The Morgan fingerprint density at radius 3 is 2.44 bits per heavy atom. The van der Waals surface area contributed by atoms with E-state index < -0.39 is 43.8 Å². The molecule has 14 heteroatoms. The van der Waals surface area contributed by atoms with Crippen molar-refractivity contribution in [3.05, 3.63) is 48.2 Å². The molecule has 3 rings (SSSR count). The number of hydrogen-bond acceptors (Lipinski definition) is 7. The van der Waals surface area contributed by atoms with Gasteiger partial charge in [-0.3, -0.25) is 10.1 Å². The number of rotatable bonds is 6. The molecule has 4 amide bonds. The van der Waals surface area contributed by atoms with E-state index in [1.807, 2.05) is 0 Å². The summed E-state index contributed by atoms with van der Waals surface area (Å²) in [6.45, 7) is 3.24. The maximum atomic E-state index is 13.1. The Hall–Kier alpha value is -3.68. The van der Waals surface area contributed by atoms with E-state index in [9.17, 15) is 36.0 Å². The molecule has 1 aromatic carbocycles. The van der Waals surface area contributed by atoms with Crippen molar-refractivity contribution in [1.29, 1.82) is 0 Å². The first-order valence-corrected chi connectivity index (χ1v) is 11.2.